The van der Waals surface area contributed by atoms with Crippen molar-refractivity contribution in [1.82, 2.24) is 4.37 Å². The first-order valence-corrected chi connectivity index (χ1v) is 6.93. The van der Waals surface area contributed by atoms with Crippen molar-refractivity contribution in [1.29, 1.82) is 5.26 Å². The molecule has 1 aromatic carbocycles. The number of nitrogens with zero attached hydrogens (tertiary/aromatic N) is 2. The zero-order valence-corrected chi connectivity index (χ0v) is 11.6. The van der Waals surface area contributed by atoms with Gasteiger partial charge in [0.2, 0.25) is 0 Å². The van der Waals surface area contributed by atoms with Gasteiger partial charge in [0, 0.05) is 6.54 Å². The highest BCUT2D eigenvalue weighted by Gasteiger charge is 2.11. The SMILES string of the molecule is CC(CCNc1snc(N)c1C#N)c1ccccc1. The van der Waals surface area contributed by atoms with Crippen molar-refractivity contribution in [3.8, 4) is 6.07 Å². The van der Waals surface area contributed by atoms with Gasteiger partial charge in [-0.1, -0.05) is 37.3 Å². The second-order valence-corrected chi connectivity index (χ2v) is 5.18. The van der Waals surface area contributed by atoms with Crippen molar-refractivity contribution in [3.63, 3.8) is 0 Å². The molecule has 0 saturated carbocycles. The van der Waals surface area contributed by atoms with Gasteiger partial charge in [-0.05, 0) is 29.4 Å². The maximum atomic E-state index is 8.97. The molecule has 1 unspecified atom stereocenters. The minimum atomic E-state index is 0.311. The number of anilines is 2. The molecule has 4 nitrogen and oxygen atoms in total. The number of aromatic nitrogens is 1. The predicted octanol–water partition coefficient (Wildman–Crippen LogP) is 3.20. The molecule has 3 N–H and O–H groups in total. The summed E-state index contributed by atoms with van der Waals surface area (Å²) in [6.45, 7) is 3.00. The number of hydrogen-bond acceptors (Lipinski definition) is 5. The zero-order valence-electron chi connectivity index (χ0n) is 10.8. The van der Waals surface area contributed by atoms with Crippen molar-refractivity contribution in [3.05, 3.63) is 41.5 Å². The van der Waals surface area contributed by atoms with Gasteiger partial charge in [0.25, 0.3) is 0 Å². The third-order valence-corrected chi connectivity index (χ3v) is 3.88. The Morgan fingerprint density at radius 1 is 1.42 bits per heavy atom. The van der Waals surface area contributed by atoms with Crippen LogP contribution in [0.2, 0.25) is 0 Å². The van der Waals surface area contributed by atoms with Crippen LogP contribution in [0.5, 0.6) is 0 Å². The lowest BCUT2D eigenvalue weighted by Crippen LogP contribution is -2.06. The van der Waals surface area contributed by atoms with Crippen molar-refractivity contribution in [2.75, 3.05) is 17.6 Å². The third kappa shape index (κ3) is 3.24. The molecule has 2 aromatic rings. The highest BCUT2D eigenvalue weighted by Crippen LogP contribution is 2.26. The molecule has 0 fully saturated rings. The van der Waals surface area contributed by atoms with Crippen molar-refractivity contribution in [2.24, 2.45) is 0 Å². The molecule has 0 saturated heterocycles. The molecule has 1 atom stereocenters. The summed E-state index contributed by atoms with van der Waals surface area (Å²) in [4.78, 5) is 0. The van der Waals surface area contributed by atoms with Gasteiger partial charge in [0.1, 0.15) is 16.6 Å². The quantitative estimate of drug-likeness (QED) is 0.876. The molecule has 5 heteroatoms. The second-order valence-electron chi connectivity index (χ2n) is 4.41. The molecular formula is C14H16N4S. The van der Waals surface area contributed by atoms with E-state index in [1.807, 2.05) is 6.07 Å². The van der Waals surface area contributed by atoms with E-state index in [1.54, 1.807) is 0 Å². The number of benzene rings is 1. The maximum absolute atomic E-state index is 8.97. The van der Waals surface area contributed by atoms with E-state index in [0.717, 1.165) is 18.0 Å². The molecular weight excluding hydrogens is 256 g/mol. The van der Waals surface area contributed by atoms with E-state index in [4.69, 9.17) is 11.0 Å². The van der Waals surface area contributed by atoms with E-state index in [2.05, 4.69) is 46.9 Å². The summed E-state index contributed by atoms with van der Waals surface area (Å²) in [6, 6.07) is 12.5. The fourth-order valence-corrected chi connectivity index (χ4v) is 2.57. The highest BCUT2D eigenvalue weighted by molar-refractivity contribution is 7.10. The average Bonchev–Trinajstić information content (AvgIpc) is 2.80. The lowest BCUT2D eigenvalue weighted by atomic mass is 9.98. The Hall–Kier alpha value is -2.06. The Morgan fingerprint density at radius 3 is 2.84 bits per heavy atom. The Bertz CT molecular complexity index is 571. The number of hydrogen-bond donors (Lipinski definition) is 2. The maximum Gasteiger partial charge on any atom is 0.157 e. The van der Waals surface area contributed by atoms with Crippen LogP contribution in [0.15, 0.2) is 30.3 Å². The normalized spacial score (nSPS) is 11.8. The fraction of sp³-hybridized carbons (Fsp3) is 0.286. The topological polar surface area (TPSA) is 74.7 Å². The summed E-state index contributed by atoms with van der Waals surface area (Å²) in [5, 5.41) is 13.0. The summed E-state index contributed by atoms with van der Waals surface area (Å²) in [5.74, 6) is 0.788. The Balaban J connectivity index is 1.89. The van der Waals surface area contributed by atoms with Gasteiger partial charge >= 0.3 is 0 Å². The summed E-state index contributed by atoms with van der Waals surface area (Å²) in [5.41, 5.74) is 7.39. The lowest BCUT2D eigenvalue weighted by Gasteiger charge is -2.12. The Morgan fingerprint density at radius 2 is 2.16 bits per heavy atom. The van der Waals surface area contributed by atoms with E-state index < -0.39 is 0 Å². The third-order valence-electron chi connectivity index (χ3n) is 3.06. The first-order chi connectivity index (χ1) is 9.22. The fourth-order valence-electron chi connectivity index (χ4n) is 1.88. The van der Waals surface area contributed by atoms with Crippen molar-refractivity contribution < 1.29 is 0 Å². The highest BCUT2D eigenvalue weighted by atomic mass is 32.1. The summed E-state index contributed by atoms with van der Waals surface area (Å²) in [7, 11) is 0. The first kappa shape index (κ1) is 13.4. The molecule has 0 aliphatic heterocycles. The molecule has 98 valence electrons. The lowest BCUT2D eigenvalue weighted by molar-refractivity contribution is 0.706. The smallest absolute Gasteiger partial charge is 0.157 e. The predicted molar refractivity (Wildman–Crippen MR) is 79.2 cm³/mol. The second kappa shape index (κ2) is 6.21. The van der Waals surface area contributed by atoms with Crippen LogP contribution in [0.1, 0.15) is 30.4 Å². The number of nitriles is 1. The molecule has 1 heterocycles. The van der Waals surface area contributed by atoms with Crippen LogP contribution in [-0.4, -0.2) is 10.9 Å². The van der Waals surface area contributed by atoms with Crippen LogP contribution in [0.3, 0.4) is 0 Å². The van der Waals surface area contributed by atoms with Gasteiger partial charge in [0.15, 0.2) is 5.82 Å². The largest absolute Gasteiger partial charge is 0.382 e. The van der Waals surface area contributed by atoms with Crippen molar-refractivity contribution >= 4 is 22.4 Å². The molecule has 0 bridgehead atoms. The monoisotopic (exact) mass is 272 g/mol. The van der Waals surface area contributed by atoms with E-state index >= 15 is 0 Å². The standard InChI is InChI=1S/C14H16N4S/c1-10(11-5-3-2-4-6-11)7-8-17-14-12(9-15)13(16)18-19-14/h2-6,10,17H,7-8H2,1H3,(H2,16,18). The van der Waals surface area contributed by atoms with Gasteiger partial charge in [-0.15, -0.1) is 0 Å². The van der Waals surface area contributed by atoms with E-state index in [1.165, 1.54) is 17.1 Å². The summed E-state index contributed by atoms with van der Waals surface area (Å²) < 4.78 is 3.98. The molecule has 0 spiro atoms. The van der Waals surface area contributed by atoms with Gasteiger partial charge in [-0.2, -0.15) is 9.64 Å². The minimum absolute atomic E-state index is 0.311. The first-order valence-electron chi connectivity index (χ1n) is 6.16. The Kier molecular flexibility index (Phi) is 4.37. The van der Waals surface area contributed by atoms with Crippen LogP contribution in [-0.2, 0) is 0 Å². The number of rotatable bonds is 5. The minimum Gasteiger partial charge on any atom is -0.382 e. The average molecular weight is 272 g/mol. The van der Waals surface area contributed by atoms with Gasteiger partial charge < -0.3 is 11.1 Å². The molecule has 0 amide bonds. The number of nitrogens with two attached hydrogens (primary N) is 1. The van der Waals surface area contributed by atoms with Gasteiger partial charge in [-0.3, -0.25) is 0 Å². The molecule has 0 radical (unpaired) electrons. The molecule has 1 aromatic heterocycles. The van der Waals surface area contributed by atoms with E-state index in [9.17, 15) is 0 Å². The summed E-state index contributed by atoms with van der Waals surface area (Å²) in [6.07, 6.45) is 0.993. The molecule has 2 rings (SSSR count). The molecule has 19 heavy (non-hydrogen) atoms. The molecule has 0 aliphatic rings. The van der Waals surface area contributed by atoms with Crippen molar-refractivity contribution in [2.45, 2.75) is 19.3 Å². The van der Waals surface area contributed by atoms with Gasteiger partial charge in [0.05, 0.1) is 0 Å². The van der Waals surface area contributed by atoms with Crippen LogP contribution in [0.25, 0.3) is 0 Å². The number of nitrogens with one attached hydrogen (secondary N) is 1. The molecule has 0 aliphatic carbocycles. The van der Waals surface area contributed by atoms with Crippen LogP contribution in [0.4, 0.5) is 10.8 Å². The van der Waals surface area contributed by atoms with Gasteiger partial charge in [-0.25, -0.2) is 0 Å². The number of nitrogen functional groups attached to an aromatic ring is 1. The summed E-state index contributed by atoms with van der Waals surface area (Å²) >= 11 is 1.24. The van der Waals surface area contributed by atoms with E-state index in [0.29, 0.717) is 17.3 Å². The van der Waals surface area contributed by atoms with Crippen LogP contribution < -0.4 is 11.1 Å². The zero-order chi connectivity index (χ0) is 13.7. The van der Waals surface area contributed by atoms with Crippen LogP contribution >= 0.6 is 11.5 Å². The van der Waals surface area contributed by atoms with Crippen LogP contribution in [0, 0.1) is 11.3 Å². The van der Waals surface area contributed by atoms with E-state index in [-0.39, 0.29) is 0 Å². The Labute approximate surface area is 117 Å².